The van der Waals surface area contributed by atoms with Gasteiger partial charge in [-0.2, -0.15) is 5.10 Å². The lowest BCUT2D eigenvalue weighted by Crippen LogP contribution is -2.50. The van der Waals surface area contributed by atoms with E-state index in [1.54, 1.807) is 4.68 Å². The number of aromatic nitrogens is 2. The number of hydrogen-bond donors (Lipinski definition) is 2. The first-order chi connectivity index (χ1) is 8.40. The van der Waals surface area contributed by atoms with Crippen LogP contribution in [0.1, 0.15) is 48.4 Å². The Balaban J connectivity index is 3.01. The average Bonchev–Trinajstić information content (AvgIpc) is 2.60. The van der Waals surface area contributed by atoms with E-state index in [1.807, 2.05) is 34.7 Å². The van der Waals surface area contributed by atoms with E-state index in [4.69, 9.17) is 0 Å². The topological polar surface area (TPSA) is 67.2 Å². The molecule has 1 amide bonds. The second-order valence-corrected chi connectivity index (χ2v) is 4.77. The van der Waals surface area contributed by atoms with Crippen molar-refractivity contribution >= 4 is 5.91 Å². The number of amides is 1. The molecule has 0 aliphatic heterocycles. The first-order valence-electron chi connectivity index (χ1n) is 6.34. The summed E-state index contributed by atoms with van der Waals surface area (Å²) in [5.74, 6) is -0.157. The standard InChI is InChI=1S/C13H23N3O2/c1-6-13(7-2,8-17)14-12(18)11-9(3)15-16(5)10(11)4/h17H,6-8H2,1-5H3,(H,14,18). The third-order valence-corrected chi connectivity index (χ3v) is 3.77. The van der Waals surface area contributed by atoms with Crippen molar-refractivity contribution < 1.29 is 9.90 Å². The minimum Gasteiger partial charge on any atom is -0.394 e. The molecule has 1 aromatic rings. The Labute approximate surface area is 108 Å². The molecule has 18 heavy (non-hydrogen) atoms. The predicted molar refractivity (Wildman–Crippen MR) is 70.5 cm³/mol. The number of nitrogens with zero attached hydrogens (tertiary/aromatic N) is 2. The van der Waals surface area contributed by atoms with Gasteiger partial charge < -0.3 is 10.4 Å². The number of aliphatic hydroxyl groups is 1. The molecule has 2 N–H and O–H groups in total. The molecule has 0 aliphatic rings. The van der Waals surface area contributed by atoms with Crippen LogP contribution in [0.5, 0.6) is 0 Å². The zero-order valence-corrected chi connectivity index (χ0v) is 11.9. The van der Waals surface area contributed by atoms with Gasteiger partial charge in [0.2, 0.25) is 0 Å². The van der Waals surface area contributed by atoms with Gasteiger partial charge in [-0.05, 0) is 26.7 Å². The highest BCUT2D eigenvalue weighted by atomic mass is 16.3. The van der Waals surface area contributed by atoms with Gasteiger partial charge in [0.15, 0.2) is 0 Å². The molecule has 0 aromatic carbocycles. The van der Waals surface area contributed by atoms with Crippen molar-refractivity contribution in [3.8, 4) is 0 Å². The number of aryl methyl sites for hydroxylation is 2. The maximum atomic E-state index is 12.3. The van der Waals surface area contributed by atoms with Crippen molar-refractivity contribution in [2.75, 3.05) is 6.61 Å². The van der Waals surface area contributed by atoms with Gasteiger partial charge in [-0.25, -0.2) is 0 Å². The van der Waals surface area contributed by atoms with Crippen LogP contribution in [0.3, 0.4) is 0 Å². The second kappa shape index (κ2) is 5.52. The summed E-state index contributed by atoms with van der Waals surface area (Å²) < 4.78 is 1.70. The molecule has 0 aliphatic carbocycles. The van der Waals surface area contributed by atoms with Gasteiger partial charge in [-0.3, -0.25) is 9.48 Å². The number of hydrogen-bond acceptors (Lipinski definition) is 3. The number of rotatable bonds is 5. The van der Waals surface area contributed by atoms with Crippen LogP contribution in [0.15, 0.2) is 0 Å². The number of aliphatic hydroxyl groups excluding tert-OH is 1. The van der Waals surface area contributed by atoms with Crippen molar-refractivity contribution in [1.29, 1.82) is 0 Å². The van der Waals surface area contributed by atoms with E-state index in [-0.39, 0.29) is 12.5 Å². The molecule has 0 unspecified atom stereocenters. The van der Waals surface area contributed by atoms with Crippen LogP contribution in [0.25, 0.3) is 0 Å². The molecule has 0 fully saturated rings. The van der Waals surface area contributed by atoms with Gasteiger partial charge in [0, 0.05) is 12.7 Å². The van der Waals surface area contributed by atoms with Crippen molar-refractivity contribution in [3.63, 3.8) is 0 Å². The second-order valence-electron chi connectivity index (χ2n) is 4.77. The molecule has 102 valence electrons. The molecule has 5 heteroatoms. The molecule has 0 spiro atoms. The molecule has 0 radical (unpaired) electrons. The Morgan fingerprint density at radius 3 is 2.28 bits per heavy atom. The summed E-state index contributed by atoms with van der Waals surface area (Å²) in [6.07, 6.45) is 1.40. The van der Waals surface area contributed by atoms with E-state index < -0.39 is 5.54 Å². The molecule has 1 aromatic heterocycles. The van der Waals surface area contributed by atoms with Crippen LogP contribution in [0, 0.1) is 13.8 Å². The average molecular weight is 253 g/mol. The summed E-state index contributed by atoms with van der Waals surface area (Å²) in [6.45, 7) is 7.56. The summed E-state index contributed by atoms with van der Waals surface area (Å²) in [4.78, 5) is 12.3. The van der Waals surface area contributed by atoms with Gasteiger partial charge in [-0.1, -0.05) is 13.8 Å². The van der Waals surface area contributed by atoms with Crippen LogP contribution in [0.4, 0.5) is 0 Å². The molecule has 1 rings (SSSR count). The third-order valence-electron chi connectivity index (χ3n) is 3.77. The summed E-state index contributed by atoms with van der Waals surface area (Å²) in [5, 5.41) is 16.7. The van der Waals surface area contributed by atoms with E-state index in [0.29, 0.717) is 24.1 Å². The van der Waals surface area contributed by atoms with Gasteiger partial charge in [0.05, 0.1) is 23.4 Å². The van der Waals surface area contributed by atoms with Crippen LogP contribution < -0.4 is 5.32 Å². The molecule has 5 nitrogen and oxygen atoms in total. The Morgan fingerprint density at radius 2 is 1.94 bits per heavy atom. The Bertz CT molecular complexity index is 425. The van der Waals surface area contributed by atoms with Gasteiger partial charge in [0.25, 0.3) is 5.91 Å². The summed E-state index contributed by atoms with van der Waals surface area (Å²) in [6, 6.07) is 0. The van der Waals surface area contributed by atoms with Gasteiger partial charge in [-0.15, -0.1) is 0 Å². The molecular formula is C13H23N3O2. The van der Waals surface area contributed by atoms with Crippen LogP contribution in [0.2, 0.25) is 0 Å². The SMILES string of the molecule is CCC(CC)(CO)NC(=O)c1c(C)nn(C)c1C. The molecule has 1 heterocycles. The lowest BCUT2D eigenvalue weighted by molar-refractivity contribution is 0.0816. The highest BCUT2D eigenvalue weighted by molar-refractivity contribution is 5.96. The van der Waals surface area contributed by atoms with Crippen LogP contribution >= 0.6 is 0 Å². The number of carbonyl (C=O) groups excluding carboxylic acids is 1. The molecule has 0 atom stereocenters. The molecule has 0 saturated carbocycles. The zero-order valence-electron chi connectivity index (χ0n) is 11.9. The van der Waals surface area contributed by atoms with E-state index in [1.165, 1.54) is 0 Å². The molecule has 0 saturated heterocycles. The van der Waals surface area contributed by atoms with Gasteiger partial charge in [0.1, 0.15) is 0 Å². The van der Waals surface area contributed by atoms with Crippen molar-refractivity contribution in [3.05, 3.63) is 17.0 Å². The molecular weight excluding hydrogens is 230 g/mol. The predicted octanol–water partition coefficient (Wildman–Crippen LogP) is 1.32. The lowest BCUT2D eigenvalue weighted by atomic mass is 9.93. The summed E-state index contributed by atoms with van der Waals surface area (Å²) >= 11 is 0. The highest BCUT2D eigenvalue weighted by Crippen LogP contribution is 2.18. The number of nitrogens with one attached hydrogen (secondary N) is 1. The van der Waals surface area contributed by atoms with Crippen molar-refractivity contribution in [2.24, 2.45) is 7.05 Å². The fourth-order valence-electron chi connectivity index (χ4n) is 2.10. The first kappa shape index (κ1) is 14.7. The Hall–Kier alpha value is -1.36. The van der Waals surface area contributed by atoms with E-state index in [0.717, 1.165) is 5.69 Å². The van der Waals surface area contributed by atoms with Crippen LogP contribution in [-0.4, -0.2) is 32.9 Å². The lowest BCUT2D eigenvalue weighted by Gasteiger charge is -2.30. The van der Waals surface area contributed by atoms with Crippen molar-refractivity contribution in [2.45, 2.75) is 46.1 Å². The normalized spacial score (nSPS) is 11.7. The van der Waals surface area contributed by atoms with Crippen molar-refractivity contribution in [1.82, 2.24) is 15.1 Å². The fourth-order valence-corrected chi connectivity index (χ4v) is 2.10. The fraction of sp³-hybridized carbons (Fsp3) is 0.692. The highest BCUT2D eigenvalue weighted by Gasteiger charge is 2.29. The third kappa shape index (κ3) is 2.56. The summed E-state index contributed by atoms with van der Waals surface area (Å²) in [7, 11) is 1.82. The molecule has 0 bridgehead atoms. The number of carbonyl (C=O) groups is 1. The largest absolute Gasteiger partial charge is 0.394 e. The van der Waals surface area contributed by atoms with Gasteiger partial charge >= 0.3 is 0 Å². The van der Waals surface area contributed by atoms with Crippen LogP contribution in [-0.2, 0) is 7.05 Å². The smallest absolute Gasteiger partial charge is 0.255 e. The maximum Gasteiger partial charge on any atom is 0.255 e. The first-order valence-corrected chi connectivity index (χ1v) is 6.34. The summed E-state index contributed by atoms with van der Waals surface area (Å²) in [5.41, 5.74) is 1.62. The van der Waals surface area contributed by atoms with E-state index in [9.17, 15) is 9.90 Å². The van der Waals surface area contributed by atoms with E-state index in [2.05, 4.69) is 10.4 Å². The monoisotopic (exact) mass is 253 g/mol. The van der Waals surface area contributed by atoms with E-state index >= 15 is 0 Å². The Morgan fingerprint density at radius 1 is 1.39 bits per heavy atom. The maximum absolute atomic E-state index is 12.3. The Kier molecular flexibility index (Phi) is 4.51. The quantitative estimate of drug-likeness (QED) is 0.831. The zero-order chi connectivity index (χ0) is 13.9. The minimum atomic E-state index is -0.536. The minimum absolute atomic E-state index is 0.0515.